The summed E-state index contributed by atoms with van der Waals surface area (Å²) in [4.78, 5) is 22.8. The van der Waals surface area contributed by atoms with Crippen LogP contribution in [0.4, 0.5) is 4.39 Å². The van der Waals surface area contributed by atoms with Crippen LogP contribution in [-0.2, 0) is 4.79 Å². The highest BCUT2D eigenvalue weighted by Gasteiger charge is 2.24. The quantitative estimate of drug-likeness (QED) is 0.285. The van der Waals surface area contributed by atoms with Crippen molar-refractivity contribution in [2.24, 2.45) is 5.92 Å². The summed E-state index contributed by atoms with van der Waals surface area (Å²) in [6.07, 6.45) is 5.21. The molecule has 2 aromatic carbocycles. The van der Waals surface area contributed by atoms with Gasteiger partial charge < -0.3 is 14.8 Å². The Bertz CT molecular complexity index is 1340. The van der Waals surface area contributed by atoms with Crippen LogP contribution in [-0.4, -0.2) is 32.1 Å². The molecule has 0 unspecified atom stereocenters. The fourth-order valence-corrected chi connectivity index (χ4v) is 4.83. The Balaban J connectivity index is 1.27. The van der Waals surface area contributed by atoms with Gasteiger partial charge in [0.05, 0.1) is 26.6 Å². The lowest BCUT2D eigenvalue weighted by Crippen LogP contribution is -2.25. The second kappa shape index (κ2) is 9.84. The van der Waals surface area contributed by atoms with E-state index in [1.165, 1.54) is 6.07 Å². The second-order valence-corrected chi connectivity index (χ2v) is 9.62. The Morgan fingerprint density at radius 1 is 1.06 bits per heavy atom. The topological polar surface area (TPSA) is 88.1 Å². The lowest BCUT2D eigenvalue weighted by Gasteiger charge is -2.27. The number of halogens is 3. The van der Waals surface area contributed by atoms with Gasteiger partial charge in [-0.2, -0.15) is 0 Å². The lowest BCUT2D eigenvalue weighted by molar-refractivity contribution is -0.138. The van der Waals surface area contributed by atoms with E-state index in [1.54, 1.807) is 30.5 Å². The van der Waals surface area contributed by atoms with Gasteiger partial charge in [-0.05, 0) is 67.5 Å². The van der Waals surface area contributed by atoms with Crippen LogP contribution < -0.4 is 4.74 Å². The van der Waals surface area contributed by atoms with Gasteiger partial charge in [0.2, 0.25) is 5.88 Å². The second-order valence-electron chi connectivity index (χ2n) is 8.81. The van der Waals surface area contributed by atoms with Crippen molar-refractivity contribution in [1.29, 1.82) is 0 Å². The molecule has 1 saturated carbocycles. The highest BCUT2D eigenvalue weighted by atomic mass is 35.5. The molecule has 6 nitrogen and oxygen atoms in total. The molecular weight excluding hydrogens is 492 g/mol. The van der Waals surface area contributed by atoms with Crippen LogP contribution >= 0.6 is 23.2 Å². The number of H-pyrrole nitrogens is 1. The summed E-state index contributed by atoms with van der Waals surface area (Å²) < 4.78 is 21.0. The zero-order valence-corrected chi connectivity index (χ0v) is 20.1. The van der Waals surface area contributed by atoms with Gasteiger partial charge in [0.1, 0.15) is 17.7 Å². The van der Waals surface area contributed by atoms with E-state index in [9.17, 15) is 4.79 Å². The number of carbonyl (C=O) groups is 1. The molecule has 2 aromatic heterocycles. The summed E-state index contributed by atoms with van der Waals surface area (Å²) in [7, 11) is 0. The van der Waals surface area contributed by atoms with Crippen LogP contribution in [0.25, 0.3) is 33.5 Å². The molecule has 4 aromatic rings. The van der Waals surface area contributed by atoms with Crippen molar-refractivity contribution >= 4 is 40.2 Å². The highest BCUT2D eigenvalue weighted by molar-refractivity contribution is 6.42. The smallest absolute Gasteiger partial charge is 0.303 e. The minimum absolute atomic E-state index is 0.0312. The van der Waals surface area contributed by atoms with E-state index in [2.05, 4.69) is 15.0 Å². The number of imidazole rings is 1. The van der Waals surface area contributed by atoms with E-state index in [-0.39, 0.29) is 18.4 Å². The molecule has 0 aliphatic heterocycles. The molecular formula is C26H22Cl2FN3O3. The van der Waals surface area contributed by atoms with Gasteiger partial charge in [0, 0.05) is 24.2 Å². The predicted octanol–water partition coefficient (Wildman–Crippen LogP) is 7.15. The van der Waals surface area contributed by atoms with Crippen molar-refractivity contribution in [3.63, 3.8) is 0 Å². The fraction of sp³-hybridized carbons (Fsp3) is 0.269. The molecule has 1 aliphatic rings. The Morgan fingerprint density at radius 2 is 1.80 bits per heavy atom. The monoisotopic (exact) mass is 513 g/mol. The molecule has 180 valence electrons. The first-order valence-electron chi connectivity index (χ1n) is 11.4. The molecule has 0 amide bonds. The number of nitrogens with one attached hydrogen (secondary N) is 1. The first-order chi connectivity index (χ1) is 16.9. The van der Waals surface area contributed by atoms with E-state index in [0.717, 1.165) is 31.2 Å². The van der Waals surface area contributed by atoms with E-state index in [4.69, 9.17) is 33.0 Å². The third kappa shape index (κ3) is 5.26. The largest absolute Gasteiger partial charge is 0.481 e. The maximum absolute atomic E-state index is 15.0. The van der Waals surface area contributed by atoms with Gasteiger partial charge in [0.15, 0.2) is 0 Å². The third-order valence-electron chi connectivity index (χ3n) is 6.36. The van der Waals surface area contributed by atoms with E-state index >= 15 is 4.39 Å². The number of ether oxygens (including phenoxy) is 1. The van der Waals surface area contributed by atoms with Crippen molar-refractivity contribution in [3.8, 4) is 28.4 Å². The number of benzene rings is 2. The average Bonchev–Trinajstić information content (AvgIpc) is 3.23. The van der Waals surface area contributed by atoms with E-state index in [1.807, 2.05) is 12.1 Å². The Morgan fingerprint density at radius 3 is 2.49 bits per heavy atom. The minimum Gasteiger partial charge on any atom is -0.481 e. The molecule has 5 rings (SSSR count). The number of carboxylic acids is 1. The normalized spacial score (nSPS) is 18.0. The molecule has 35 heavy (non-hydrogen) atoms. The number of rotatable bonds is 6. The van der Waals surface area contributed by atoms with Crippen LogP contribution in [0.5, 0.6) is 5.88 Å². The number of nitrogens with zero attached hydrogens (tertiary/aromatic N) is 2. The predicted molar refractivity (Wildman–Crippen MR) is 133 cm³/mol. The Labute approximate surface area is 211 Å². The van der Waals surface area contributed by atoms with E-state index in [0.29, 0.717) is 43.9 Å². The number of hydrogen-bond donors (Lipinski definition) is 2. The SMILES string of the molecule is O=C(O)C[C@H]1CC[C@H](Oc2ccc(-c3ccc(-c4nc5cc(Cl)c(Cl)cc5[nH]4)c(F)c3)cn2)CC1. The van der Waals surface area contributed by atoms with Crippen molar-refractivity contribution < 1.29 is 19.0 Å². The van der Waals surface area contributed by atoms with E-state index < -0.39 is 11.8 Å². The number of hydrogen-bond acceptors (Lipinski definition) is 4. The molecule has 1 aliphatic carbocycles. The number of fused-ring (bicyclic) bond motifs is 1. The standard InChI is InChI=1S/C26H22Cl2FN3O3/c27-19-11-22-23(12-20(19)28)32-26(31-22)18-7-3-15(10-21(18)29)16-4-8-24(30-13-16)35-17-5-1-14(2-6-17)9-25(33)34/h3-4,7-8,10-14,17H,1-2,5-6,9H2,(H,31,32)(H,33,34)/t14-,17-. The molecule has 0 radical (unpaired) electrons. The fourth-order valence-electron chi connectivity index (χ4n) is 4.51. The number of pyridine rings is 1. The average molecular weight is 514 g/mol. The van der Waals surface area contributed by atoms with Crippen LogP contribution in [0.2, 0.25) is 10.0 Å². The zero-order valence-electron chi connectivity index (χ0n) is 18.6. The highest BCUT2D eigenvalue weighted by Crippen LogP contribution is 2.32. The molecule has 2 heterocycles. The first kappa shape index (κ1) is 23.6. The molecule has 1 fully saturated rings. The van der Waals surface area contributed by atoms with Gasteiger partial charge >= 0.3 is 5.97 Å². The molecule has 0 saturated heterocycles. The van der Waals surface area contributed by atoms with Crippen molar-refractivity contribution in [2.75, 3.05) is 0 Å². The van der Waals surface area contributed by atoms with Gasteiger partial charge in [-0.3, -0.25) is 4.79 Å². The molecule has 9 heteroatoms. The number of carboxylic acid groups (broad SMARTS) is 1. The maximum atomic E-state index is 15.0. The summed E-state index contributed by atoms with van der Waals surface area (Å²) >= 11 is 12.1. The Kier molecular flexibility index (Phi) is 6.62. The van der Waals surface area contributed by atoms with Gasteiger partial charge in [-0.15, -0.1) is 0 Å². The lowest BCUT2D eigenvalue weighted by atomic mass is 9.85. The molecule has 2 N–H and O–H groups in total. The molecule has 0 bridgehead atoms. The minimum atomic E-state index is -0.747. The number of aromatic nitrogens is 3. The third-order valence-corrected chi connectivity index (χ3v) is 7.08. The molecule has 0 atom stereocenters. The van der Waals surface area contributed by atoms with Crippen molar-refractivity contribution in [1.82, 2.24) is 15.0 Å². The summed E-state index contributed by atoms with van der Waals surface area (Å²) in [5, 5.41) is 9.73. The zero-order chi connectivity index (χ0) is 24.5. The molecule has 0 spiro atoms. The van der Waals surface area contributed by atoms with Gasteiger partial charge in [0.25, 0.3) is 0 Å². The number of aromatic amines is 1. The summed E-state index contributed by atoms with van der Waals surface area (Å²) in [6.45, 7) is 0. The summed E-state index contributed by atoms with van der Waals surface area (Å²) in [5.41, 5.74) is 3.06. The Hall–Kier alpha value is -3.16. The first-order valence-corrected chi connectivity index (χ1v) is 12.1. The van der Waals surface area contributed by atoms with Crippen LogP contribution in [0.1, 0.15) is 32.1 Å². The maximum Gasteiger partial charge on any atom is 0.303 e. The summed E-state index contributed by atoms with van der Waals surface area (Å²) in [6, 6.07) is 11.9. The van der Waals surface area contributed by atoms with Crippen LogP contribution in [0.3, 0.4) is 0 Å². The van der Waals surface area contributed by atoms with Gasteiger partial charge in [-0.25, -0.2) is 14.4 Å². The van der Waals surface area contributed by atoms with Crippen molar-refractivity contribution in [2.45, 2.75) is 38.2 Å². The van der Waals surface area contributed by atoms with Crippen LogP contribution in [0.15, 0.2) is 48.7 Å². The van der Waals surface area contributed by atoms with Gasteiger partial charge in [-0.1, -0.05) is 29.3 Å². The summed E-state index contributed by atoms with van der Waals surface area (Å²) in [5.74, 6) is -0.0501. The van der Waals surface area contributed by atoms with Crippen molar-refractivity contribution in [3.05, 3.63) is 64.5 Å². The van der Waals surface area contributed by atoms with Crippen LogP contribution in [0, 0.1) is 11.7 Å². The number of aliphatic carboxylic acids is 1.